The molecule has 1 heterocycles. The molecule has 2 aromatic carbocycles. The van der Waals surface area contributed by atoms with Gasteiger partial charge in [0.25, 0.3) is 0 Å². The number of nitrogens with zero attached hydrogens (tertiary/aromatic N) is 1. The number of hydrogen-bond acceptors (Lipinski definition) is 5. The smallest absolute Gasteiger partial charge is 0.243 e. The molecule has 2 aromatic rings. The van der Waals surface area contributed by atoms with Crippen molar-refractivity contribution in [1.82, 2.24) is 15.5 Å². The molecule has 1 aliphatic heterocycles. The number of aliphatic hydroxyl groups excluding tert-OH is 1. The number of rotatable bonds is 8. The second-order valence-electron chi connectivity index (χ2n) is 10.4. The Morgan fingerprint density at radius 1 is 1.03 bits per heavy atom. The first-order valence-corrected chi connectivity index (χ1v) is 12.1. The van der Waals surface area contributed by atoms with E-state index in [1.54, 1.807) is 7.05 Å². The molecule has 35 heavy (non-hydrogen) atoms. The van der Waals surface area contributed by atoms with Crippen molar-refractivity contribution in [1.29, 1.82) is 0 Å². The lowest BCUT2D eigenvalue weighted by Crippen LogP contribution is -2.57. The van der Waals surface area contributed by atoms with Crippen LogP contribution in [-0.4, -0.2) is 65.4 Å². The Balaban J connectivity index is 1.71. The van der Waals surface area contributed by atoms with Crippen LogP contribution < -0.4 is 10.6 Å². The van der Waals surface area contributed by atoms with Gasteiger partial charge in [0, 0.05) is 13.0 Å². The maximum atomic E-state index is 13.2. The standard InChI is InChI=1S/C28H37N3O4/c1-18(32)23(15-19-11-13-21(14-12-19)20-9-7-6-8-10-20)30-26(34)24-16-22(33)17-31(24)27(35)25(29-5)28(2,3)4/h6-14,22-25,29,33H,15-17H2,1-5H3,(H,30,34)/t22-,23-,24+,25-/m1/s1. The van der Waals surface area contributed by atoms with Gasteiger partial charge >= 0.3 is 0 Å². The summed E-state index contributed by atoms with van der Waals surface area (Å²) >= 11 is 0. The van der Waals surface area contributed by atoms with E-state index in [9.17, 15) is 19.5 Å². The molecule has 0 radical (unpaired) electrons. The van der Waals surface area contributed by atoms with Gasteiger partial charge in [-0.15, -0.1) is 0 Å². The summed E-state index contributed by atoms with van der Waals surface area (Å²) < 4.78 is 0. The molecule has 0 saturated carbocycles. The molecule has 1 saturated heterocycles. The van der Waals surface area contributed by atoms with Crippen LogP contribution in [0.5, 0.6) is 0 Å². The molecule has 7 nitrogen and oxygen atoms in total. The van der Waals surface area contributed by atoms with Crippen LogP contribution in [0, 0.1) is 5.41 Å². The fraction of sp³-hybridized carbons (Fsp3) is 0.464. The Kier molecular flexibility index (Phi) is 8.46. The van der Waals surface area contributed by atoms with Crippen molar-refractivity contribution in [3.05, 3.63) is 60.2 Å². The predicted molar refractivity (Wildman–Crippen MR) is 137 cm³/mol. The number of nitrogens with one attached hydrogen (secondary N) is 2. The van der Waals surface area contributed by atoms with Gasteiger partial charge in [0.2, 0.25) is 11.8 Å². The lowest BCUT2D eigenvalue weighted by atomic mass is 9.86. The molecule has 0 unspecified atom stereocenters. The van der Waals surface area contributed by atoms with E-state index in [1.807, 2.05) is 75.4 Å². The highest BCUT2D eigenvalue weighted by molar-refractivity contribution is 5.94. The molecule has 0 aromatic heterocycles. The highest BCUT2D eigenvalue weighted by atomic mass is 16.3. The van der Waals surface area contributed by atoms with Crippen molar-refractivity contribution in [2.24, 2.45) is 5.41 Å². The van der Waals surface area contributed by atoms with E-state index in [0.717, 1.165) is 16.7 Å². The highest BCUT2D eigenvalue weighted by Gasteiger charge is 2.43. The topological polar surface area (TPSA) is 98.7 Å². The van der Waals surface area contributed by atoms with Gasteiger partial charge in [-0.25, -0.2) is 0 Å². The number of carbonyl (C=O) groups excluding carboxylic acids is 3. The first-order chi connectivity index (χ1) is 16.5. The molecular formula is C28H37N3O4. The van der Waals surface area contributed by atoms with Crippen LogP contribution in [0.15, 0.2) is 54.6 Å². The molecule has 0 aliphatic carbocycles. The molecule has 2 amide bonds. The Morgan fingerprint density at radius 3 is 2.17 bits per heavy atom. The van der Waals surface area contributed by atoms with Gasteiger partial charge in [-0.3, -0.25) is 14.4 Å². The SMILES string of the molecule is CN[C@H](C(=O)N1C[C@H](O)C[C@H]1C(=O)N[C@H](Cc1ccc(-c2ccccc2)cc1)C(C)=O)C(C)(C)C. The number of carbonyl (C=O) groups is 3. The Hall–Kier alpha value is -3.03. The number of aliphatic hydroxyl groups is 1. The summed E-state index contributed by atoms with van der Waals surface area (Å²) in [4.78, 5) is 40.3. The number of ketones is 1. The molecule has 1 aliphatic rings. The number of hydrogen-bond donors (Lipinski definition) is 3. The van der Waals surface area contributed by atoms with E-state index in [1.165, 1.54) is 11.8 Å². The molecule has 7 heteroatoms. The zero-order valence-corrected chi connectivity index (χ0v) is 21.2. The Labute approximate surface area is 207 Å². The second-order valence-corrected chi connectivity index (χ2v) is 10.4. The van der Waals surface area contributed by atoms with Crippen molar-refractivity contribution >= 4 is 17.6 Å². The number of amides is 2. The lowest BCUT2D eigenvalue weighted by Gasteiger charge is -2.35. The summed E-state index contributed by atoms with van der Waals surface area (Å²) in [5, 5.41) is 16.1. The fourth-order valence-corrected chi connectivity index (χ4v) is 4.66. The van der Waals surface area contributed by atoms with Crippen LogP contribution in [-0.2, 0) is 20.8 Å². The summed E-state index contributed by atoms with van der Waals surface area (Å²) in [6.45, 7) is 7.39. The minimum absolute atomic E-state index is 0.0941. The number of likely N-dealkylation sites (N-methyl/N-ethyl adjacent to an activating group) is 1. The quantitative estimate of drug-likeness (QED) is 0.541. The van der Waals surface area contributed by atoms with Crippen molar-refractivity contribution in [3.8, 4) is 11.1 Å². The normalized spacial score (nSPS) is 19.8. The Bertz CT molecular complexity index is 1030. The third-order valence-electron chi connectivity index (χ3n) is 6.57. The molecule has 4 atom stereocenters. The number of β-amino-alcohol motifs (C(OH)–C–C–N with tert-alkyl or cyclic N) is 1. The summed E-state index contributed by atoms with van der Waals surface area (Å²) in [6, 6.07) is 15.9. The van der Waals surface area contributed by atoms with Gasteiger partial charge in [0.05, 0.1) is 18.2 Å². The average Bonchev–Trinajstić information content (AvgIpc) is 3.21. The molecule has 188 valence electrons. The van der Waals surface area contributed by atoms with Crippen molar-refractivity contribution in [3.63, 3.8) is 0 Å². The van der Waals surface area contributed by atoms with Crippen LogP contribution in [0.1, 0.15) is 39.7 Å². The van der Waals surface area contributed by atoms with Crippen LogP contribution in [0.3, 0.4) is 0 Å². The summed E-state index contributed by atoms with van der Waals surface area (Å²) in [6.07, 6.45) is -0.289. The van der Waals surface area contributed by atoms with E-state index >= 15 is 0 Å². The third kappa shape index (κ3) is 6.55. The van der Waals surface area contributed by atoms with Gasteiger partial charge in [0.15, 0.2) is 5.78 Å². The monoisotopic (exact) mass is 479 g/mol. The molecule has 1 fully saturated rings. The van der Waals surface area contributed by atoms with Crippen molar-refractivity contribution in [2.45, 2.75) is 64.8 Å². The van der Waals surface area contributed by atoms with Crippen LogP contribution in [0.4, 0.5) is 0 Å². The highest BCUT2D eigenvalue weighted by Crippen LogP contribution is 2.26. The van der Waals surface area contributed by atoms with Crippen molar-refractivity contribution in [2.75, 3.05) is 13.6 Å². The van der Waals surface area contributed by atoms with Gasteiger partial charge in [-0.1, -0.05) is 75.4 Å². The number of likely N-dealkylation sites (tertiary alicyclic amines) is 1. The third-order valence-corrected chi connectivity index (χ3v) is 6.57. The molecule has 0 spiro atoms. The van der Waals surface area contributed by atoms with E-state index in [0.29, 0.717) is 6.42 Å². The van der Waals surface area contributed by atoms with E-state index in [-0.39, 0.29) is 30.1 Å². The summed E-state index contributed by atoms with van der Waals surface area (Å²) in [5.41, 5.74) is 2.74. The van der Waals surface area contributed by atoms with E-state index < -0.39 is 30.1 Å². The molecule has 3 rings (SSSR count). The van der Waals surface area contributed by atoms with Gasteiger partial charge in [-0.05, 0) is 42.5 Å². The fourth-order valence-electron chi connectivity index (χ4n) is 4.66. The molecule has 0 bridgehead atoms. The van der Waals surface area contributed by atoms with Gasteiger partial charge in [0.1, 0.15) is 6.04 Å². The van der Waals surface area contributed by atoms with E-state index in [4.69, 9.17) is 0 Å². The van der Waals surface area contributed by atoms with Crippen LogP contribution >= 0.6 is 0 Å². The minimum Gasteiger partial charge on any atom is -0.391 e. The first kappa shape index (κ1) is 26.6. The predicted octanol–water partition coefficient (Wildman–Crippen LogP) is 2.57. The zero-order valence-electron chi connectivity index (χ0n) is 21.2. The minimum atomic E-state index is -0.821. The number of benzene rings is 2. The average molecular weight is 480 g/mol. The van der Waals surface area contributed by atoms with Gasteiger partial charge in [-0.2, -0.15) is 0 Å². The summed E-state index contributed by atoms with van der Waals surface area (Å²) in [7, 11) is 1.71. The van der Waals surface area contributed by atoms with E-state index in [2.05, 4.69) is 10.6 Å². The second kappa shape index (κ2) is 11.1. The zero-order chi connectivity index (χ0) is 25.8. The largest absolute Gasteiger partial charge is 0.391 e. The van der Waals surface area contributed by atoms with Crippen LogP contribution in [0.25, 0.3) is 11.1 Å². The van der Waals surface area contributed by atoms with Gasteiger partial charge < -0.3 is 20.6 Å². The number of Topliss-reactive ketones (excluding diaryl/α,β-unsaturated/α-hetero) is 1. The molecule has 3 N–H and O–H groups in total. The molecular weight excluding hydrogens is 442 g/mol. The first-order valence-electron chi connectivity index (χ1n) is 12.1. The maximum Gasteiger partial charge on any atom is 0.243 e. The lowest BCUT2D eigenvalue weighted by molar-refractivity contribution is -0.142. The van der Waals surface area contributed by atoms with Crippen LogP contribution in [0.2, 0.25) is 0 Å². The van der Waals surface area contributed by atoms with Crippen molar-refractivity contribution < 1.29 is 19.5 Å². The maximum absolute atomic E-state index is 13.2. The Morgan fingerprint density at radius 2 is 1.63 bits per heavy atom. The summed E-state index contributed by atoms with van der Waals surface area (Å²) in [5.74, 6) is -0.808.